The van der Waals surface area contributed by atoms with E-state index in [9.17, 15) is 0 Å². The Morgan fingerprint density at radius 3 is 2.79 bits per heavy atom. The van der Waals surface area contributed by atoms with Crippen molar-refractivity contribution in [3.63, 3.8) is 0 Å². The fourth-order valence-electron chi connectivity index (χ4n) is 1.35. The number of nitrogens with zero attached hydrogens (tertiary/aromatic N) is 4. The van der Waals surface area contributed by atoms with Crippen molar-refractivity contribution in [1.29, 1.82) is 0 Å². The van der Waals surface area contributed by atoms with Gasteiger partial charge >= 0.3 is 0 Å². The van der Waals surface area contributed by atoms with Gasteiger partial charge in [0.05, 0.1) is 12.2 Å². The molecule has 19 heavy (non-hydrogen) atoms. The van der Waals surface area contributed by atoms with E-state index in [0.717, 1.165) is 0 Å². The Morgan fingerprint density at radius 1 is 1.37 bits per heavy atom. The maximum absolute atomic E-state index is 5.83. The van der Waals surface area contributed by atoms with E-state index in [2.05, 4.69) is 30.9 Å². The molecule has 2 aromatic rings. The number of ether oxygens (including phenoxy) is 1. The second kappa shape index (κ2) is 5.09. The Hall–Kier alpha value is -2.38. The lowest BCUT2D eigenvalue weighted by Gasteiger charge is -2.21. The fraction of sp³-hybridized carbons (Fsp3) is 0.455. The van der Waals surface area contributed by atoms with Crippen LogP contribution in [0.15, 0.2) is 12.1 Å². The summed E-state index contributed by atoms with van der Waals surface area (Å²) in [5.74, 6) is 1.60. The van der Waals surface area contributed by atoms with Crippen LogP contribution >= 0.6 is 0 Å². The van der Waals surface area contributed by atoms with Crippen LogP contribution in [0.25, 0.3) is 0 Å². The van der Waals surface area contributed by atoms with E-state index in [0.29, 0.717) is 29.8 Å². The summed E-state index contributed by atoms with van der Waals surface area (Å²) in [5, 5.41) is 16.6. The molecule has 8 nitrogen and oxygen atoms in total. The van der Waals surface area contributed by atoms with E-state index in [1.165, 1.54) is 0 Å². The molecule has 0 fully saturated rings. The lowest BCUT2D eigenvalue weighted by Crippen LogP contribution is -2.24. The lowest BCUT2D eigenvalue weighted by atomic mass is 10.2. The molecule has 0 bridgehead atoms. The van der Waals surface area contributed by atoms with Gasteiger partial charge in [-0.15, -0.1) is 10.2 Å². The molecule has 2 aromatic heterocycles. The third-order valence-corrected chi connectivity index (χ3v) is 2.11. The number of H-pyrrole nitrogens is 1. The third-order valence-electron chi connectivity index (χ3n) is 2.11. The maximum Gasteiger partial charge on any atom is 0.239 e. The standard InChI is InChI=1S/C11H17N7O/c1-11(2,3)19-10-7(12)4-5-8(14-10)13-6-9-15-17-18-16-9/h4-5H,6,12H2,1-3H3,(H,13,14)(H,15,16,17,18). The van der Waals surface area contributed by atoms with Crippen LogP contribution in [0.3, 0.4) is 0 Å². The molecule has 2 heterocycles. The number of aromatic nitrogens is 5. The average molecular weight is 263 g/mol. The van der Waals surface area contributed by atoms with Crippen molar-refractivity contribution in [3.8, 4) is 5.88 Å². The molecule has 0 amide bonds. The van der Waals surface area contributed by atoms with Gasteiger partial charge in [0.1, 0.15) is 11.4 Å². The number of nitrogens with two attached hydrogens (primary N) is 1. The summed E-state index contributed by atoms with van der Waals surface area (Å²) >= 11 is 0. The van der Waals surface area contributed by atoms with Gasteiger partial charge in [-0.25, -0.2) is 0 Å². The highest BCUT2D eigenvalue weighted by Crippen LogP contribution is 2.24. The van der Waals surface area contributed by atoms with Crippen LogP contribution in [0.1, 0.15) is 26.6 Å². The van der Waals surface area contributed by atoms with Gasteiger partial charge in [-0.2, -0.15) is 10.2 Å². The minimum atomic E-state index is -0.354. The molecule has 0 radical (unpaired) electrons. The maximum atomic E-state index is 5.83. The largest absolute Gasteiger partial charge is 0.470 e. The SMILES string of the molecule is CC(C)(C)Oc1nc(NCc2nn[nH]n2)ccc1N. The van der Waals surface area contributed by atoms with Crippen LogP contribution in [-0.2, 0) is 6.54 Å². The molecule has 0 saturated carbocycles. The van der Waals surface area contributed by atoms with Gasteiger partial charge in [-0.3, -0.25) is 0 Å². The van der Waals surface area contributed by atoms with Crippen LogP contribution in [-0.4, -0.2) is 31.2 Å². The molecular formula is C11H17N7O. The number of pyridine rings is 1. The van der Waals surface area contributed by atoms with Gasteiger partial charge in [0.2, 0.25) is 5.88 Å². The third kappa shape index (κ3) is 3.80. The molecule has 8 heteroatoms. The van der Waals surface area contributed by atoms with Crippen molar-refractivity contribution < 1.29 is 4.74 Å². The van der Waals surface area contributed by atoms with E-state index in [-0.39, 0.29) is 5.60 Å². The first-order valence-electron chi connectivity index (χ1n) is 5.86. The molecule has 102 valence electrons. The summed E-state index contributed by atoms with van der Waals surface area (Å²) in [7, 11) is 0. The summed E-state index contributed by atoms with van der Waals surface area (Å²) in [4.78, 5) is 4.31. The minimum Gasteiger partial charge on any atom is -0.470 e. The van der Waals surface area contributed by atoms with E-state index < -0.39 is 0 Å². The van der Waals surface area contributed by atoms with Gasteiger partial charge in [0, 0.05) is 0 Å². The monoisotopic (exact) mass is 263 g/mol. The fourth-order valence-corrected chi connectivity index (χ4v) is 1.35. The van der Waals surface area contributed by atoms with E-state index in [1.807, 2.05) is 20.8 Å². The summed E-state index contributed by atoms with van der Waals surface area (Å²) in [6.07, 6.45) is 0. The molecule has 0 unspecified atom stereocenters. The van der Waals surface area contributed by atoms with Crippen LogP contribution in [0.4, 0.5) is 11.5 Å². The summed E-state index contributed by atoms with van der Waals surface area (Å²) in [5.41, 5.74) is 5.98. The molecule has 4 N–H and O–H groups in total. The predicted octanol–water partition coefficient (Wildman–Crippen LogP) is 0.966. The first-order valence-corrected chi connectivity index (χ1v) is 5.86. The van der Waals surface area contributed by atoms with E-state index in [4.69, 9.17) is 10.5 Å². The van der Waals surface area contributed by atoms with Gasteiger partial charge in [0.25, 0.3) is 0 Å². The van der Waals surface area contributed by atoms with Crippen LogP contribution < -0.4 is 15.8 Å². The van der Waals surface area contributed by atoms with Crippen molar-refractivity contribution in [2.75, 3.05) is 11.1 Å². The Balaban J connectivity index is 2.07. The summed E-state index contributed by atoms with van der Waals surface area (Å²) < 4.78 is 5.68. The number of nitrogen functional groups attached to an aromatic ring is 1. The van der Waals surface area contributed by atoms with E-state index >= 15 is 0 Å². The molecule has 0 spiro atoms. The molecule has 0 aliphatic carbocycles. The first kappa shape index (κ1) is 13.1. The molecule has 2 rings (SSSR count). The lowest BCUT2D eigenvalue weighted by molar-refractivity contribution is 0.125. The summed E-state index contributed by atoms with van der Waals surface area (Å²) in [6, 6.07) is 3.51. The Kier molecular flexibility index (Phi) is 3.50. The predicted molar refractivity (Wildman–Crippen MR) is 70.5 cm³/mol. The van der Waals surface area contributed by atoms with Crippen LogP contribution in [0.5, 0.6) is 5.88 Å². The second-order valence-corrected chi connectivity index (χ2v) is 4.99. The molecule has 0 aromatic carbocycles. The topological polar surface area (TPSA) is 115 Å². The van der Waals surface area contributed by atoms with Gasteiger partial charge < -0.3 is 15.8 Å². The average Bonchev–Trinajstić information content (AvgIpc) is 2.81. The zero-order valence-electron chi connectivity index (χ0n) is 11.1. The normalized spacial score (nSPS) is 11.3. The molecule has 0 saturated heterocycles. The van der Waals surface area contributed by atoms with Gasteiger partial charge in [-0.1, -0.05) is 5.21 Å². The smallest absolute Gasteiger partial charge is 0.239 e. The highest BCUT2D eigenvalue weighted by atomic mass is 16.5. The number of hydrogen-bond acceptors (Lipinski definition) is 7. The van der Waals surface area contributed by atoms with Crippen molar-refractivity contribution in [1.82, 2.24) is 25.6 Å². The zero-order valence-corrected chi connectivity index (χ0v) is 11.1. The van der Waals surface area contributed by atoms with Crippen LogP contribution in [0.2, 0.25) is 0 Å². The number of anilines is 2. The summed E-state index contributed by atoms with van der Waals surface area (Å²) in [6.45, 7) is 6.23. The second-order valence-electron chi connectivity index (χ2n) is 4.99. The number of hydrogen-bond donors (Lipinski definition) is 3. The highest BCUT2D eigenvalue weighted by Gasteiger charge is 2.15. The van der Waals surface area contributed by atoms with Gasteiger partial charge in [-0.05, 0) is 32.9 Å². The molecule has 0 aliphatic heterocycles. The number of nitrogens with one attached hydrogen (secondary N) is 2. The Bertz CT molecular complexity index is 532. The van der Waals surface area contributed by atoms with Crippen molar-refractivity contribution in [2.24, 2.45) is 0 Å². The number of aromatic amines is 1. The minimum absolute atomic E-state index is 0.354. The first-order chi connectivity index (χ1) is 8.94. The van der Waals surface area contributed by atoms with Crippen LogP contribution in [0, 0.1) is 0 Å². The number of tetrazole rings is 1. The quantitative estimate of drug-likeness (QED) is 0.752. The van der Waals surface area contributed by atoms with Gasteiger partial charge in [0.15, 0.2) is 5.82 Å². The van der Waals surface area contributed by atoms with Crippen molar-refractivity contribution in [2.45, 2.75) is 32.9 Å². The molecular weight excluding hydrogens is 246 g/mol. The number of rotatable bonds is 4. The highest BCUT2D eigenvalue weighted by molar-refractivity contribution is 5.53. The van der Waals surface area contributed by atoms with Crippen molar-refractivity contribution in [3.05, 3.63) is 18.0 Å². The Labute approximate surface area is 110 Å². The Morgan fingerprint density at radius 2 is 2.16 bits per heavy atom. The zero-order chi connectivity index (χ0) is 13.9. The van der Waals surface area contributed by atoms with Crippen molar-refractivity contribution >= 4 is 11.5 Å². The molecule has 0 aliphatic rings. The van der Waals surface area contributed by atoms with E-state index in [1.54, 1.807) is 12.1 Å². The molecule has 0 atom stereocenters.